The number of aromatic nitrogens is 1. The molecule has 0 aliphatic carbocycles. The maximum atomic E-state index is 13.3. The van der Waals surface area contributed by atoms with Gasteiger partial charge in [-0.2, -0.15) is 11.8 Å². The number of thioether (sulfide) groups is 1. The number of nitrogens with two attached hydrogens (primary N) is 2. The Morgan fingerprint density at radius 2 is 1.60 bits per heavy atom. The molecule has 1 heterocycles. The molecule has 0 aliphatic rings. The van der Waals surface area contributed by atoms with Crippen molar-refractivity contribution < 1.29 is 24.3 Å². The molecule has 40 heavy (non-hydrogen) atoms. The molecule has 1 aromatic heterocycles. The SMILES string of the molecule is CCC(C)C(N)C(=O)NC(CCCCN)C(=O)NC(CCSC)C(=O)NC(Cc1c[nH]c2ccccc12)C(=O)O. The van der Waals surface area contributed by atoms with Crippen LogP contribution in [0.4, 0.5) is 0 Å². The minimum atomic E-state index is -1.20. The predicted molar refractivity (Wildman–Crippen MR) is 159 cm³/mol. The fourth-order valence-corrected chi connectivity index (χ4v) is 4.78. The number of H-pyrrole nitrogens is 1. The summed E-state index contributed by atoms with van der Waals surface area (Å²) in [5.41, 5.74) is 13.3. The highest BCUT2D eigenvalue weighted by atomic mass is 32.2. The molecular weight excluding hydrogens is 532 g/mol. The standard InChI is InChI=1S/C28H44N6O5S/c1-4-17(2)24(30)27(37)33-21(11-7-8-13-29)25(35)32-22(12-14-40-3)26(36)34-23(28(38)39)15-18-16-31-20-10-6-5-9-19(18)20/h5-6,9-10,16-17,21-24,31H,4,7-8,11-15,29-30H2,1-3H3,(H,32,35)(H,33,37)(H,34,36)(H,38,39). The smallest absolute Gasteiger partial charge is 0.326 e. The molecule has 5 unspecified atom stereocenters. The number of amides is 3. The van der Waals surface area contributed by atoms with Gasteiger partial charge in [-0.3, -0.25) is 14.4 Å². The molecule has 5 atom stereocenters. The minimum Gasteiger partial charge on any atom is -0.480 e. The van der Waals surface area contributed by atoms with Crippen molar-refractivity contribution in [2.75, 3.05) is 18.6 Å². The second kappa shape index (κ2) is 16.9. The highest BCUT2D eigenvalue weighted by Crippen LogP contribution is 2.19. The number of aliphatic carboxylic acids is 1. The van der Waals surface area contributed by atoms with E-state index in [1.54, 1.807) is 6.20 Å². The number of carbonyl (C=O) groups excluding carboxylic acids is 3. The molecule has 0 fully saturated rings. The van der Waals surface area contributed by atoms with Gasteiger partial charge in [0.15, 0.2) is 0 Å². The second-order valence-electron chi connectivity index (χ2n) is 10.1. The van der Waals surface area contributed by atoms with Crippen LogP contribution in [0.3, 0.4) is 0 Å². The lowest BCUT2D eigenvalue weighted by Crippen LogP contribution is -2.57. The van der Waals surface area contributed by atoms with Crippen molar-refractivity contribution in [3.63, 3.8) is 0 Å². The Labute approximate surface area is 240 Å². The summed E-state index contributed by atoms with van der Waals surface area (Å²) in [6, 6.07) is 3.65. The molecule has 0 aliphatic heterocycles. The van der Waals surface area contributed by atoms with E-state index in [-0.39, 0.29) is 18.8 Å². The van der Waals surface area contributed by atoms with Crippen LogP contribution < -0.4 is 27.4 Å². The monoisotopic (exact) mass is 576 g/mol. The molecule has 0 radical (unpaired) electrons. The number of para-hydroxylation sites is 1. The number of carboxylic acids is 1. The summed E-state index contributed by atoms with van der Waals surface area (Å²) in [5, 5.41) is 18.8. The van der Waals surface area contributed by atoms with Gasteiger partial charge < -0.3 is 37.5 Å². The average molecular weight is 577 g/mol. The minimum absolute atomic E-state index is 0.0690. The lowest BCUT2D eigenvalue weighted by Gasteiger charge is -2.26. The third-order valence-electron chi connectivity index (χ3n) is 7.10. The molecule has 1 aromatic carbocycles. The molecule has 222 valence electrons. The van der Waals surface area contributed by atoms with E-state index in [1.807, 2.05) is 44.4 Å². The fourth-order valence-electron chi connectivity index (χ4n) is 4.31. The quantitative estimate of drug-likeness (QED) is 0.130. The van der Waals surface area contributed by atoms with E-state index in [0.717, 1.165) is 16.5 Å². The van der Waals surface area contributed by atoms with Crippen LogP contribution in [0.25, 0.3) is 10.9 Å². The largest absolute Gasteiger partial charge is 0.480 e. The van der Waals surface area contributed by atoms with Gasteiger partial charge in [0, 0.05) is 23.5 Å². The normalized spacial score (nSPS) is 15.0. The summed E-state index contributed by atoms with van der Waals surface area (Å²) in [6.45, 7) is 4.24. The maximum Gasteiger partial charge on any atom is 0.326 e. The Hall–Kier alpha value is -3.09. The maximum absolute atomic E-state index is 13.3. The highest BCUT2D eigenvalue weighted by Gasteiger charge is 2.31. The molecule has 12 heteroatoms. The molecule has 3 amide bonds. The number of hydrogen-bond acceptors (Lipinski definition) is 7. The van der Waals surface area contributed by atoms with E-state index in [0.29, 0.717) is 38.0 Å². The van der Waals surface area contributed by atoms with Gasteiger partial charge in [-0.1, -0.05) is 38.5 Å². The Balaban J connectivity index is 2.17. The van der Waals surface area contributed by atoms with Crippen LogP contribution in [0, 0.1) is 5.92 Å². The highest BCUT2D eigenvalue weighted by molar-refractivity contribution is 7.98. The summed E-state index contributed by atoms with van der Waals surface area (Å²) in [7, 11) is 0. The molecule has 9 N–H and O–H groups in total. The summed E-state index contributed by atoms with van der Waals surface area (Å²) in [4.78, 5) is 54.6. The van der Waals surface area contributed by atoms with Crippen LogP contribution in [0.15, 0.2) is 30.5 Å². The third kappa shape index (κ3) is 9.83. The van der Waals surface area contributed by atoms with E-state index in [4.69, 9.17) is 11.5 Å². The van der Waals surface area contributed by atoms with Gasteiger partial charge in [0.1, 0.15) is 18.1 Å². The van der Waals surface area contributed by atoms with Gasteiger partial charge in [0.2, 0.25) is 17.7 Å². The number of aromatic amines is 1. The number of fused-ring (bicyclic) bond motifs is 1. The van der Waals surface area contributed by atoms with Gasteiger partial charge in [-0.25, -0.2) is 4.79 Å². The summed E-state index contributed by atoms with van der Waals surface area (Å²) >= 11 is 1.50. The van der Waals surface area contributed by atoms with E-state index in [2.05, 4.69) is 20.9 Å². The zero-order valence-corrected chi connectivity index (χ0v) is 24.4. The van der Waals surface area contributed by atoms with Crippen LogP contribution in [-0.2, 0) is 25.6 Å². The zero-order chi connectivity index (χ0) is 29.7. The summed E-state index contributed by atoms with van der Waals surface area (Å²) in [6.07, 6.45) is 6.27. The van der Waals surface area contributed by atoms with E-state index in [1.165, 1.54) is 11.8 Å². The van der Waals surface area contributed by atoms with Crippen LogP contribution in [-0.4, -0.2) is 76.5 Å². The van der Waals surface area contributed by atoms with Crippen LogP contribution in [0.2, 0.25) is 0 Å². The van der Waals surface area contributed by atoms with Crippen molar-refractivity contribution >= 4 is 46.4 Å². The molecule has 0 bridgehead atoms. The molecule has 11 nitrogen and oxygen atoms in total. The van der Waals surface area contributed by atoms with Crippen molar-refractivity contribution in [2.45, 2.75) is 76.5 Å². The third-order valence-corrected chi connectivity index (χ3v) is 7.74. The first kappa shape index (κ1) is 33.1. The molecular formula is C28H44N6O5S. The lowest BCUT2D eigenvalue weighted by atomic mass is 9.98. The van der Waals surface area contributed by atoms with Crippen molar-refractivity contribution in [1.29, 1.82) is 0 Å². The van der Waals surface area contributed by atoms with Gasteiger partial charge in [-0.05, 0) is 61.8 Å². The molecule has 0 saturated carbocycles. The Bertz CT molecular complexity index is 1130. The summed E-state index contributed by atoms with van der Waals surface area (Å²) < 4.78 is 0. The number of carboxylic acid groups (broad SMARTS) is 1. The number of carbonyl (C=O) groups is 4. The van der Waals surface area contributed by atoms with Gasteiger partial charge in [-0.15, -0.1) is 0 Å². The van der Waals surface area contributed by atoms with E-state index >= 15 is 0 Å². The fraction of sp³-hybridized carbons (Fsp3) is 0.571. The molecule has 0 spiro atoms. The Kier molecular flexibility index (Phi) is 14.0. The molecule has 2 rings (SSSR count). The lowest BCUT2D eigenvalue weighted by molar-refractivity contribution is -0.142. The van der Waals surface area contributed by atoms with Crippen LogP contribution >= 0.6 is 11.8 Å². The van der Waals surface area contributed by atoms with Gasteiger partial charge >= 0.3 is 5.97 Å². The van der Waals surface area contributed by atoms with Crippen LogP contribution in [0.1, 0.15) is 51.5 Å². The van der Waals surface area contributed by atoms with E-state index < -0.39 is 47.9 Å². The van der Waals surface area contributed by atoms with Crippen molar-refractivity contribution in [3.05, 3.63) is 36.0 Å². The van der Waals surface area contributed by atoms with Crippen molar-refractivity contribution in [2.24, 2.45) is 17.4 Å². The first-order valence-corrected chi connectivity index (χ1v) is 15.2. The van der Waals surface area contributed by atoms with Gasteiger partial charge in [0.25, 0.3) is 0 Å². The van der Waals surface area contributed by atoms with Crippen molar-refractivity contribution in [1.82, 2.24) is 20.9 Å². The Morgan fingerprint density at radius 3 is 2.23 bits per heavy atom. The zero-order valence-electron chi connectivity index (χ0n) is 23.6. The number of nitrogens with one attached hydrogen (secondary N) is 4. The van der Waals surface area contributed by atoms with E-state index in [9.17, 15) is 24.3 Å². The number of rotatable bonds is 18. The Morgan fingerprint density at radius 1 is 0.975 bits per heavy atom. The first-order chi connectivity index (χ1) is 19.1. The second-order valence-corrected chi connectivity index (χ2v) is 11.0. The molecule has 0 saturated heterocycles. The molecule has 2 aromatic rings. The average Bonchev–Trinajstić information content (AvgIpc) is 3.35. The number of hydrogen-bond donors (Lipinski definition) is 7. The topological polar surface area (TPSA) is 192 Å². The van der Waals surface area contributed by atoms with Crippen molar-refractivity contribution in [3.8, 4) is 0 Å². The summed E-state index contributed by atoms with van der Waals surface area (Å²) in [5.74, 6) is -2.25. The van der Waals surface area contributed by atoms with Gasteiger partial charge in [0.05, 0.1) is 6.04 Å². The number of benzene rings is 1. The number of unbranched alkanes of at least 4 members (excludes halogenated alkanes) is 1. The predicted octanol–water partition coefficient (Wildman–Crippen LogP) is 1.50. The van der Waals surface area contributed by atoms with Crippen LogP contribution in [0.5, 0.6) is 0 Å². The first-order valence-electron chi connectivity index (χ1n) is 13.8.